The molecule has 0 N–H and O–H groups in total. The van der Waals surface area contributed by atoms with E-state index in [-0.39, 0.29) is 18.4 Å². The smallest absolute Gasteiger partial charge is 0.242 e. The summed E-state index contributed by atoms with van der Waals surface area (Å²) in [5.74, 6) is 1.29. The summed E-state index contributed by atoms with van der Waals surface area (Å²) in [6.07, 6.45) is 2.80. The zero-order chi connectivity index (χ0) is 25.8. The van der Waals surface area contributed by atoms with Crippen LogP contribution in [-0.2, 0) is 29.0 Å². The van der Waals surface area contributed by atoms with Gasteiger partial charge in [0.15, 0.2) is 11.5 Å². The molecule has 0 spiro atoms. The van der Waals surface area contributed by atoms with Crippen molar-refractivity contribution in [2.45, 2.75) is 39.2 Å². The molecule has 2 aromatic carbocycles. The first-order valence-corrected chi connectivity index (χ1v) is 13.2. The topological polar surface area (TPSA) is 59.1 Å². The zero-order valence-corrected chi connectivity index (χ0v) is 22.3. The average Bonchev–Trinajstić information content (AvgIpc) is 3.42. The molecule has 0 atom stereocenters. The minimum Gasteiger partial charge on any atom is -0.493 e. The van der Waals surface area contributed by atoms with Gasteiger partial charge in [0.2, 0.25) is 11.8 Å². The van der Waals surface area contributed by atoms with Gasteiger partial charge in [0.25, 0.3) is 0 Å². The van der Waals surface area contributed by atoms with Crippen LogP contribution in [0.1, 0.15) is 35.8 Å². The molecular weight excluding hydrogens is 472 g/mol. The van der Waals surface area contributed by atoms with Gasteiger partial charge < -0.3 is 19.3 Å². The Hall–Kier alpha value is -3.32. The Morgan fingerprint density at radius 3 is 2.28 bits per heavy atom. The van der Waals surface area contributed by atoms with Crippen LogP contribution >= 0.6 is 11.3 Å². The number of unbranched alkanes of at least 4 members (excludes halogenated alkanes) is 1. The summed E-state index contributed by atoms with van der Waals surface area (Å²) < 4.78 is 10.8. The number of nitrogens with zero attached hydrogens (tertiary/aromatic N) is 2. The van der Waals surface area contributed by atoms with Crippen LogP contribution in [0.25, 0.3) is 0 Å². The van der Waals surface area contributed by atoms with E-state index in [1.54, 1.807) is 30.5 Å². The summed E-state index contributed by atoms with van der Waals surface area (Å²) in [6, 6.07) is 19.6. The third kappa shape index (κ3) is 8.12. The van der Waals surface area contributed by atoms with Crippen LogP contribution in [0.3, 0.4) is 0 Å². The Morgan fingerprint density at radius 2 is 1.61 bits per heavy atom. The molecule has 0 fully saturated rings. The Bertz CT molecular complexity index is 1090. The zero-order valence-electron chi connectivity index (χ0n) is 21.4. The van der Waals surface area contributed by atoms with Gasteiger partial charge in [-0.25, -0.2) is 0 Å². The molecule has 2 amide bonds. The van der Waals surface area contributed by atoms with E-state index in [2.05, 4.69) is 6.92 Å². The lowest BCUT2D eigenvalue weighted by Gasteiger charge is -2.28. The molecule has 7 heteroatoms. The first-order valence-electron chi connectivity index (χ1n) is 12.4. The highest BCUT2D eigenvalue weighted by atomic mass is 32.1. The average molecular weight is 509 g/mol. The minimum absolute atomic E-state index is 0.0148. The molecule has 0 saturated heterocycles. The summed E-state index contributed by atoms with van der Waals surface area (Å²) >= 11 is 1.63. The lowest BCUT2D eigenvalue weighted by molar-refractivity contribution is -0.140. The molecule has 0 aliphatic carbocycles. The first kappa shape index (κ1) is 27.3. The van der Waals surface area contributed by atoms with Gasteiger partial charge >= 0.3 is 0 Å². The molecule has 0 bridgehead atoms. The number of thiophene rings is 1. The highest BCUT2D eigenvalue weighted by Crippen LogP contribution is 2.28. The maximum absolute atomic E-state index is 13.5. The number of rotatable bonds is 14. The second-order valence-electron chi connectivity index (χ2n) is 8.67. The monoisotopic (exact) mass is 508 g/mol. The molecule has 1 heterocycles. The van der Waals surface area contributed by atoms with E-state index in [1.165, 1.54) is 0 Å². The van der Waals surface area contributed by atoms with E-state index < -0.39 is 0 Å². The predicted octanol–water partition coefficient (Wildman–Crippen LogP) is 5.21. The number of carbonyl (C=O) groups is 2. The Kier molecular flexibility index (Phi) is 10.8. The van der Waals surface area contributed by atoms with Gasteiger partial charge in [-0.3, -0.25) is 9.59 Å². The first-order chi connectivity index (χ1) is 17.5. The number of ether oxygens (including phenoxy) is 2. The van der Waals surface area contributed by atoms with E-state index in [4.69, 9.17) is 9.47 Å². The Balaban J connectivity index is 1.72. The molecular formula is C29H36N2O4S. The van der Waals surface area contributed by atoms with Gasteiger partial charge in [0.05, 0.1) is 33.7 Å². The van der Waals surface area contributed by atoms with Crippen molar-refractivity contribution in [1.29, 1.82) is 0 Å². The standard InChI is InChI=1S/C29H36N2O4S/c1-4-5-16-30(28(32)20-23-10-7-6-8-11-23)22-29(33)31(21-25-12-9-18-36-25)17-15-24-13-14-26(34-2)27(19-24)35-3/h6-14,18-19H,4-5,15-17,20-22H2,1-3H3. The molecule has 0 radical (unpaired) electrons. The van der Waals surface area contributed by atoms with Crippen molar-refractivity contribution in [3.63, 3.8) is 0 Å². The van der Waals surface area contributed by atoms with Crippen LogP contribution in [0.4, 0.5) is 0 Å². The molecule has 0 aliphatic rings. The Morgan fingerprint density at radius 1 is 0.833 bits per heavy atom. The van der Waals surface area contributed by atoms with Crippen molar-refractivity contribution < 1.29 is 19.1 Å². The summed E-state index contributed by atoms with van der Waals surface area (Å²) in [7, 11) is 3.23. The fourth-order valence-corrected chi connectivity index (χ4v) is 4.69. The van der Waals surface area contributed by atoms with E-state index in [0.29, 0.717) is 44.0 Å². The fourth-order valence-electron chi connectivity index (χ4n) is 3.97. The predicted molar refractivity (Wildman–Crippen MR) is 145 cm³/mol. The molecule has 1 aromatic heterocycles. The molecule has 0 saturated carbocycles. The van der Waals surface area contributed by atoms with Crippen molar-refractivity contribution in [2.75, 3.05) is 33.9 Å². The van der Waals surface area contributed by atoms with E-state index in [9.17, 15) is 9.59 Å². The summed E-state index contributed by atoms with van der Waals surface area (Å²) in [4.78, 5) is 31.4. The summed E-state index contributed by atoms with van der Waals surface area (Å²) in [6.45, 7) is 3.83. The largest absolute Gasteiger partial charge is 0.493 e. The summed E-state index contributed by atoms with van der Waals surface area (Å²) in [5.41, 5.74) is 2.01. The number of amides is 2. The fraction of sp³-hybridized carbons (Fsp3) is 0.379. The number of carbonyl (C=O) groups excluding carboxylic acids is 2. The van der Waals surface area contributed by atoms with Crippen LogP contribution in [0.5, 0.6) is 11.5 Å². The molecule has 3 rings (SSSR count). The molecule has 192 valence electrons. The van der Waals surface area contributed by atoms with Gasteiger partial charge in [-0.2, -0.15) is 0 Å². The number of hydrogen-bond donors (Lipinski definition) is 0. The van der Waals surface area contributed by atoms with Crippen molar-refractivity contribution in [1.82, 2.24) is 9.80 Å². The van der Waals surface area contributed by atoms with Crippen molar-refractivity contribution in [3.8, 4) is 11.5 Å². The molecule has 0 unspecified atom stereocenters. The summed E-state index contributed by atoms with van der Waals surface area (Å²) in [5, 5.41) is 2.02. The second-order valence-corrected chi connectivity index (χ2v) is 9.70. The third-order valence-corrected chi connectivity index (χ3v) is 6.92. The Labute approximate surface area is 218 Å². The minimum atomic E-state index is -0.0404. The lowest BCUT2D eigenvalue weighted by atomic mass is 10.1. The van der Waals surface area contributed by atoms with Gasteiger partial charge in [-0.15, -0.1) is 11.3 Å². The molecule has 36 heavy (non-hydrogen) atoms. The molecule has 0 aliphatic heterocycles. The quantitative estimate of drug-likeness (QED) is 0.300. The maximum Gasteiger partial charge on any atom is 0.242 e. The molecule has 6 nitrogen and oxygen atoms in total. The van der Waals surface area contributed by atoms with Crippen molar-refractivity contribution in [2.24, 2.45) is 0 Å². The second kappa shape index (κ2) is 14.3. The van der Waals surface area contributed by atoms with Crippen LogP contribution in [0.2, 0.25) is 0 Å². The van der Waals surface area contributed by atoms with E-state index in [1.807, 2.05) is 70.9 Å². The van der Waals surface area contributed by atoms with E-state index >= 15 is 0 Å². The van der Waals surface area contributed by atoms with Gasteiger partial charge in [0, 0.05) is 18.0 Å². The SMILES string of the molecule is CCCCN(CC(=O)N(CCc1ccc(OC)c(OC)c1)Cc1cccs1)C(=O)Cc1ccccc1. The third-order valence-electron chi connectivity index (χ3n) is 6.06. The van der Waals surface area contributed by atoms with Gasteiger partial charge in [-0.1, -0.05) is 55.8 Å². The van der Waals surface area contributed by atoms with Gasteiger partial charge in [0.1, 0.15) is 0 Å². The van der Waals surface area contributed by atoms with Crippen LogP contribution < -0.4 is 9.47 Å². The van der Waals surface area contributed by atoms with Crippen LogP contribution in [-0.4, -0.2) is 55.5 Å². The maximum atomic E-state index is 13.5. The van der Waals surface area contributed by atoms with Gasteiger partial charge in [-0.05, 0) is 47.5 Å². The lowest BCUT2D eigenvalue weighted by Crippen LogP contribution is -2.44. The number of methoxy groups -OCH3 is 2. The number of benzene rings is 2. The van der Waals surface area contributed by atoms with Crippen LogP contribution in [0, 0.1) is 0 Å². The van der Waals surface area contributed by atoms with Crippen molar-refractivity contribution in [3.05, 3.63) is 82.0 Å². The highest BCUT2D eigenvalue weighted by molar-refractivity contribution is 7.09. The van der Waals surface area contributed by atoms with Crippen molar-refractivity contribution >= 4 is 23.2 Å². The van der Waals surface area contributed by atoms with E-state index in [0.717, 1.165) is 28.8 Å². The highest BCUT2D eigenvalue weighted by Gasteiger charge is 2.22. The molecule has 3 aromatic rings. The number of hydrogen-bond acceptors (Lipinski definition) is 5. The normalized spacial score (nSPS) is 10.6. The van der Waals surface area contributed by atoms with Crippen LogP contribution in [0.15, 0.2) is 66.0 Å².